The van der Waals surface area contributed by atoms with Crippen LogP contribution in [0.5, 0.6) is 0 Å². The third kappa shape index (κ3) is 114. The van der Waals surface area contributed by atoms with Gasteiger partial charge < -0.3 is 22.9 Å². The predicted octanol–water partition coefficient (Wildman–Crippen LogP) is -4.63. The van der Waals surface area contributed by atoms with E-state index in [2.05, 4.69) is 27.7 Å². The molecule has 8 heteroatoms. The fourth-order valence-electron chi connectivity index (χ4n) is 0.707. The zero-order chi connectivity index (χ0) is 16.5. The molecule has 4 nitrogen and oxygen atoms in total. The molecule has 0 unspecified atom stereocenters. The van der Waals surface area contributed by atoms with Crippen LogP contribution >= 0.6 is 0 Å². The molecular formula is C16H40N4Na4. The van der Waals surface area contributed by atoms with Gasteiger partial charge in [0.05, 0.1) is 0 Å². The van der Waals surface area contributed by atoms with Gasteiger partial charge in [-0.1, -0.05) is 79.1 Å². The van der Waals surface area contributed by atoms with Crippen LogP contribution in [0, 0.1) is 0 Å². The fraction of sp³-hybridized carbons (Fsp3) is 1.00. The molecule has 0 aromatic heterocycles. The zero-order valence-corrected chi connectivity index (χ0v) is 26.5. The van der Waals surface area contributed by atoms with Crippen molar-refractivity contribution in [3.63, 3.8) is 0 Å². The standard InChI is InChI=1S/4C4H10N.4Na/c4*1-2-3-4-5;;;;/h4*5H,2-4H2,1H3;;;;/q4*-1;4*+1. The van der Waals surface area contributed by atoms with Crippen molar-refractivity contribution in [3.8, 4) is 0 Å². The molecule has 0 spiro atoms. The van der Waals surface area contributed by atoms with Gasteiger partial charge in [0.25, 0.3) is 0 Å². The van der Waals surface area contributed by atoms with Crippen molar-refractivity contribution in [2.45, 2.75) is 79.1 Å². The average Bonchev–Trinajstić information content (AvgIpc) is 2.44. The Morgan fingerprint density at radius 3 is 0.500 bits per heavy atom. The van der Waals surface area contributed by atoms with Gasteiger partial charge in [0, 0.05) is 0 Å². The fourth-order valence-corrected chi connectivity index (χ4v) is 0.707. The Morgan fingerprint density at radius 2 is 0.500 bits per heavy atom. The molecule has 0 aliphatic carbocycles. The molecule has 0 bridgehead atoms. The number of unbranched alkanes of at least 4 members (excludes halogenated alkanes) is 4. The Labute approximate surface area is 242 Å². The monoisotopic (exact) mass is 380 g/mol. The topological polar surface area (TPSA) is 95.2 Å². The van der Waals surface area contributed by atoms with E-state index in [1.54, 1.807) is 0 Å². The van der Waals surface area contributed by atoms with Gasteiger partial charge in [-0.2, -0.15) is 26.2 Å². The third-order valence-electron chi connectivity index (χ3n) is 2.12. The molecule has 0 aromatic rings. The van der Waals surface area contributed by atoms with Crippen LogP contribution < -0.4 is 118 Å². The van der Waals surface area contributed by atoms with E-state index in [1.165, 1.54) is 0 Å². The summed E-state index contributed by atoms with van der Waals surface area (Å²) in [5.41, 5.74) is 26.4. The first-order chi connectivity index (χ1) is 9.66. The van der Waals surface area contributed by atoms with Gasteiger partial charge in [-0.15, -0.1) is 0 Å². The molecule has 4 N–H and O–H groups in total. The van der Waals surface area contributed by atoms with Crippen LogP contribution in [0.4, 0.5) is 0 Å². The molecule has 0 saturated heterocycles. The predicted molar refractivity (Wildman–Crippen MR) is 96.4 cm³/mol. The molecule has 24 heavy (non-hydrogen) atoms. The summed E-state index contributed by atoms with van der Waals surface area (Å²) in [4.78, 5) is 0. The van der Waals surface area contributed by atoms with Crippen molar-refractivity contribution < 1.29 is 118 Å². The Kier molecular flexibility index (Phi) is 152. The van der Waals surface area contributed by atoms with Gasteiger partial charge >= 0.3 is 118 Å². The summed E-state index contributed by atoms with van der Waals surface area (Å²) in [6, 6.07) is 0. The van der Waals surface area contributed by atoms with E-state index in [0.717, 1.165) is 51.4 Å². The van der Waals surface area contributed by atoms with Gasteiger partial charge in [0.15, 0.2) is 0 Å². The van der Waals surface area contributed by atoms with Crippen molar-refractivity contribution in [2.24, 2.45) is 0 Å². The van der Waals surface area contributed by atoms with E-state index in [0.29, 0.717) is 26.2 Å². The van der Waals surface area contributed by atoms with E-state index in [1.807, 2.05) is 0 Å². The largest absolute Gasteiger partial charge is 1.00 e. The van der Waals surface area contributed by atoms with Crippen molar-refractivity contribution in [2.75, 3.05) is 26.2 Å². The number of rotatable bonds is 8. The second-order valence-electron chi connectivity index (χ2n) is 4.41. The minimum absolute atomic E-state index is 0. The Bertz CT molecular complexity index is 84.1. The normalized spacial score (nSPS) is 7.00. The second kappa shape index (κ2) is 71.4. The Hall–Kier alpha value is 3.84. The first kappa shape index (κ1) is 51.0. The first-order valence-corrected chi connectivity index (χ1v) is 8.24. The summed E-state index contributed by atoms with van der Waals surface area (Å²) >= 11 is 0. The number of nitrogens with one attached hydrogen (secondary N) is 4. The number of hydrogen-bond donors (Lipinski definition) is 0. The minimum Gasteiger partial charge on any atom is -0.677 e. The molecule has 0 amide bonds. The van der Waals surface area contributed by atoms with E-state index in [-0.39, 0.29) is 118 Å². The Morgan fingerprint density at radius 1 is 0.375 bits per heavy atom. The Balaban J connectivity index is -0.0000000225. The van der Waals surface area contributed by atoms with Crippen LogP contribution in [0.3, 0.4) is 0 Å². The molecule has 0 atom stereocenters. The molecule has 0 aliphatic rings. The maximum Gasteiger partial charge on any atom is 1.00 e. The second-order valence-corrected chi connectivity index (χ2v) is 4.41. The van der Waals surface area contributed by atoms with Gasteiger partial charge in [0.1, 0.15) is 0 Å². The van der Waals surface area contributed by atoms with Crippen LogP contribution in [0.1, 0.15) is 79.1 Å². The molecule has 0 aromatic carbocycles. The van der Waals surface area contributed by atoms with E-state index < -0.39 is 0 Å². The van der Waals surface area contributed by atoms with Gasteiger partial charge in [-0.3, -0.25) is 0 Å². The van der Waals surface area contributed by atoms with E-state index >= 15 is 0 Å². The minimum atomic E-state index is 0. The summed E-state index contributed by atoms with van der Waals surface area (Å²) in [6.45, 7) is 10.7. The van der Waals surface area contributed by atoms with Crippen molar-refractivity contribution in [1.82, 2.24) is 0 Å². The van der Waals surface area contributed by atoms with Crippen molar-refractivity contribution in [3.05, 3.63) is 22.9 Å². The molecule has 0 heterocycles. The molecule has 0 aliphatic heterocycles. The van der Waals surface area contributed by atoms with Crippen molar-refractivity contribution >= 4 is 0 Å². The summed E-state index contributed by atoms with van der Waals surface area (Å²) in [5.74, 6) is 0. The van der Waals surface area contributed by atoms with Crippen LogP contribution in [0.15, 0.2) is 0 Å². The zero-order valence-electron chi connectivity index (χ0n) is 18.5. The summed E-state index contributed by atoms with van der Waals surface area (Å²) < 4.78 is 0. The summed E-state index contributed by atoms with van der Waals surface area (Å²) in [5, 5.41) is 0. The molecule has 0 fully saturated rings. The maximum absolute atomic E-state index is 6.60. The van der Waals surface area contributed by atoms with Gasteiger partial charge in [-0.25, -0.2) is 0 Å². The summed E-state index contributed by atoms with van der Waals surface area (Å²) in [6.07, 6.45) is 8.85. The van der Waals surface area contributed by atoms with Gasteiger partial charge in [0.2, 0.25) is 0 Å². The maximum atomic E-state index is 6.60. The van der Waals surface area contributed by atoms with Crippen LogP contribution in [-0.2, 0) is 0 Å². The van der Waals surface area contributed by atoms with Gasteiger partial charge in [-0.05, 0) is 0 Å². The number of hydrogen-bond acceptors (Lipinski definition) is 0. The smallest absolute Gasteiger partial charge is 0.677 e. The third-order valence-corrected chi connectivity index (χ3v) is 2.12. The summed E-state index contributed by atoms with van der Waals surface area (Å²) in [7, 11) is 0. The first-order valence-electron chi connectivity index (χ1n) is 8.24. The average molecular weight is 380 g/mol. The molecule has 0 saturated carbocycles. The van der Waals surface area contributed by atoms with Crippen LogP contribution in [0.2, 0.25) is 0 Å². The molecular weight excluding hydrogens is 340 g/mol. The molecule has 128 valence electrons. The van der Waals surface area contributed by atoms with E-state index in [9.17, 15) is 0 Å². The van der Waals surface area contributed by atoms with Crippen LogP contribution in [0.25, 0.3) is 22.9 Å². The molecule has 0 radical (unpaired) electrons. The molecule has 0 rings (SSSR count). The SMILES string of the molecule is CCCC[NH-].CCCC[NH-].CCCC[NH-].CCCC[NH-].[Na+].[Na+].[Na+].[Na+]. The quantitative estimate of drug-likeness (QED) is 0.379. The van der Waals surface area contributed by atoms with E-state index in [4.69, 9.17) is 22.9 Å². The van der Waals surface area contributed by atoms with Crippen LogP contribution in [-0.4, -0.2) is 26.2 Å². The van der Waals surface area contributed by atoms with Crippen molar-refractivity contribution in [1.29, 1.82) is 0 Å².